The van der Waals surface area contributed by atoms with Crippen LogP contribution in [0.4, 0.5) is 0 Å². The second-order valence-electron chi connectivity index (χ2n) is 4.11. The average Bonchev–Trinajstić information content (AvgIpc) is 2.28. The molecule has 0 saturated heterocycles. The number of hydrogen-bond acceptors (Lipinski definition) is 3. The Bertz CT molecular complexity index is 332. The van der Waals surface area contributed by atoms with E-state index in [0.717, 1.165) is 16.9 Å². The molecule has 0 bridgehead atoms. The normalized spacial score (nSPS) is 14.7. The summed E-state index contributed by atoms with van der Waals surface area (Å²) in [5, 5.41) is 9.35. The van der Waals surface area contributed by atoms with E-state index in [2.05, 4.69) is 0 Å². The fraction of sp³-hybridized carbons (Fsp3) is 0.500. The summed E-state index contributed by atoms with van der Waals surface area (Å²) in [4.78, 5) is 0. The van der Waals surface area contributed by atoms with Crippen molar-refractivity contribution in [2.45, 2.75) is 19.3 Å². The van der Waals surface area contributed by atoms with Gasteiger partial charge in [-0.1, -0.05) is 19.1 Å². The van der Waals surface area contributed by atoms with Crippen LogP contribution in [-0.2, 0) is 5.41 Å². The number of rotatable bonds is 4. The maximum Gasteiger partial charge on any atom is 0.122 e. The van der Waals surface area contributed by atoms with Crippen molar-refractivity contribution < 1.29 is 9.84 Å². The molecule has 1 unspecified atom stereocenters. The van der Waals surface area contributed by atoms with E-state index in [1.54, 1.807) is 7.11 Å². The van der Waals surface area contributed by atoms with Gasteiger partial charge in [-0.3, -0.25) is 0 Å². The van der Waals surface area contributed by atoms with Crippen molar-refractivity contribution in [1.82, 2.24) is 0 Å². The molecule has 0 heterocycles. The zero-order valence-corrected chi connectivity index (χ0v) is 9.58. The smallest absolute Gasteiger partial charge is 0.122 e. The zero-order chi connectivity index (χ0) is 11.5. The van der Waals surface area contributed by atoms with E-state index in [-0.39, 0.29) is 12.0 Å². The second-order valence-corrected chi connectivity index (χ2v) is 4.11. The van der Waals surface area contributed by atoms with Crippen LogP contribution in [0.5, 0.6) is 5.75 Å². The molecule has 0 fully saturated rings. The Balaban J connectivity index is 3.15. The van der Waals surface area contributed by atoms with Crippen LogP contribution in [0, 0.1) is 6.92 Å². The van der Waals surface area contributed by atoms with E-state index in [0.29, 0.717) is 6.54 Å². The summed E-state index contributed by atoms with van der Waals surface area (Å²) in [5.41, 5.74) is 7.38. The maximum atomic E-state index is 9.35. The molecule has 3 N–H and O–H groups in total. The van der Waals surface area contributed by atoms with Crippen molar-refractivity contribution >= 4 is 0 Å². The zero-order valence-electron chi connectivity index (χ0n) is 9.58. The van der Waals surface area contributed by atoms with Crippen LogP contribution in [0.2, 0.25) is 0 Å². The standard InChI is InChI=1S/C12H19NO2/c1-9-4-5-10(6-11(9)15-3)12(2,7-13)8-14/h4-6,14H,7-8,13H2,1-3H3. The fourth-order valence-electron chi connectivity index (χ4n) is 1.47. The number of aryl methyl sites for hydroxylation is 1. The molecule has 1 aromatic carbocycles. The number of methoxy groups -OCH3 is 1. The molecule has 0 aromatic heterocycles. The summed E-state index contributed by atoms with van der Waals surface area (Å²) in [6.45, 7) is 4.38. The molecule has 3 heteroatoms. The number of aliphatic hydroxyl groups is 1. The minimum absolute atomic E-state index is 0.0374. The van der Waals surface area contributed by atoms with E-state index in [9.17, 15) is 5.11 Å². The van der Waals surface area contributed by atoms with Crippen molar-refractivity contribution in [2.75, 3.05) is 20.3 Å². The Hall–Kier alpha value is -1.06. The van der Waals surface area contributed by atoms with Gasteiger partial charge in [0.2, 0.25) is 0 Å². The molecule has 0 aliphatic heterocycles. The topological polar surface area (TPSA) is 55.5 Å². The largest absolute Gasteiger partial charge is 0.496 e. The van der Waals surface area contributed by atoms with Gasteiger partial charge < -0.3 is 15.6 Å². The summed E-state index contributed by atoms with van der Waals surface area (Å²) in [7, 11) is 1.64. The highest BCUT2D eigenvalue weighted by molar-refractivity contribution is 5.40. The molecular weight excluding hydrogens is 190 g/mol. The van der Waals surface area contributed by atoms with Gasteiger partial charge in [0.15, 0.2) is 0 Å². The van der Waals surface area contributed by atoms with Crippen LogP contribution in [0.1, 0.15) is 18.1 Å². The lowest BCUT2D eigenvalue weighted by Crippen LogP contribution is -2.35. The first-order valence-electron chi connectivity index (χ1n) is 5.03. The molecule has 15 heavy (non-hydrogen) atoms. The van der Waals surface area contributed by atoms with Gasteiger partial charge in [0.25, 0.3) is 0 Å². The first-order valence-corrected chi connectivity index (χ1v) is 5.03. The summed E-state index contributed by atoms with van der Waals surface area (Å²) in [5.74, 6) is 0.834. The highest BCUT2D eigenvalue weighted by Crippen LogP contribution is 2.27. The van der Waals surface area contributed by atoms with Gasteiger partial charge in [-0.15, -0.1) is 0 Å². The number of nitrogens with two attached hydrogens (primary N) is 1. The minimum Gasteiger partial charge on any atom is -0.496 e. The Morgan fingerprint density at radius 3 is 2.60 bits per heavy atom. The van der Waals surface area contributed by atoms with Crippen LogP contribution in [0.25, 0.3) is 0 Å². The Morgan fingerprint density at radius 1 is 1.47 bits per heavy atom. The second kappa shape index (κ2) is 4.64. The molecule has 0 spiro atoms. The Labute approximate surface area is 90.9 Å². The summed E-state index contributed by atoms with van der Waals surface area (Å²) in [6.07, 6.45) is 0. The van der Waals surface area contributed by atoms with Crippen molar-refractivity contribution in [2.24, 2.45) is 5.73 Å². The maximum absolute atomic E-state index is 9.35. The van der Waals surface area contributed by atoms with Crippen LogP contribution in [0.15, 0.2) is 18.2 Å². The molecule has 84 valence electrons. The van der Waals surface area contributed by atoms with Crippen LogP contribution < -0.4 is 10.5 Å². The fourth-order valence-corrected chi connectivity index (χ4v) is 1.47. The van der Waals surface area contributed by atoms with Crippen molar-refractivity contribution in [1.29, 1.82) is 0 Å². The van der Waals surface area contributed by atoms with E-state index in [1.165, 1.54) is 0 Å². The average molecular weight is 209 g/mol. The molecule has 0 amide bonds. The van der Waals surface area contributed by atoms with Crippen LogP contribution >= 0.6 is 0 Å². The number of ether oxygens (including phenoxy) is 1. The van der Waals surface area contributed by atoms with Crippen molar-refractivity contribution in [3.8, 4) is 5.75 Å². The molecule has 1 rings (SSSR count). The molecule has 0 saturated carbocycles. The predicted molar refractivity (Wildman–Crippen MR) is 61.2 cm³/mol. The van der Waals surface area contributed by atoms with Crippen LogP contribution in [0.3, 0.4) is 0 Å². The first kappa shape index (κ1) is 12.0. The molecule has 1 aromatic rings. The van der Waals surface area contributed by atoms with Crippen LogP contribution in [-0.4, -0.2) is 25.4 Å². The van der Waals surface area contributed by atoms with E-state index < -0.39 is 0 Å². The number of aliphatic hydroxyl groups excluding tert-OH is 1. The van der Waals surface area contributed by atoms with E-state index in [4.69, 9.17) is 10.5 Å². The molecule has 3 nitrogen and oxygen atoms in total. The van der Waals surface area contributed by atoms with Gasteiger partial charge in [-0.25, -0.2) is 0 Å². The summed E-state index contributed by atoms with van der Waals surface area (Å²) in [6, 6.07) is 5.91. The lowest BCUT2D eigenvalue weighted by Gasteiger charge is -2.26. The highest BCUT2D eigenvalue weighted by atomic mass is 16.5. The Kier molecular flexibility index (Phi) is 3.72. The summed E-state index contributed by atoms with van der Waals surface area (Å²) < 4.78 is 5.25. The SMILES string of the molecule is COc1cc(C(C)(CN)CO)ccc1C. The molecule has 0 aliphatic carbocycles. The number of hydrogen-bond donors (Lipinski definition) is 2. The van der Waals surface area contributed by atoms with E-state index >= 15 is 0 Å². The molecule has 0 radical (unpaired) electrons. The third-order valence-corrected chi connectivity index (χ3v) is 2.90. The molecular formula is C12H19NO2. The lowest BCUT2D eigenvalue weighted by molar-refractivity contribution is 0.210. The monoisotopic (exact) mass is 209 g/mol. The van der Waals surface area contributed by atoms with Gasteiger partial charge in [0, 0.05) is 12.0 Å². The minimum atomic E-state index is -0.388. The first-order chi connectivity index (χ1) is 7.07. The van der Waals surface area contributed by atoms with E-state index in [1.807, 2.05) is 32.0 Å². The third kappa shape index (κ3) is 2.30. The molecule has 1 atom stereocenters. The van der Waals surface area contributed by atoms with Gasteiger partial charge in [0.05, 0.1) is 13.7 Å². The van der Waals surface area contributed by atoms with Gasteiger partial charge in [-0.05, 0) is 24.1 Å². The summed E-state index contributed by atoms with van der Waals surface area (Å²) >= 11 is 0. The highest BCUT2D eigenvalue weighted by Gasteiger charge is 2.24. The van der Waals surface area contributed by atoms with Gasteiger partial charge in [-0.2, -0.15) is 0 Å². The lowest BCUT2D eigenvalue weighted by atomic mass is 9.83. The van der Waals surface area contributed by atoms with Crippen molar-refractivity contribution in [3.63, 3.8) is 0 Å². The molecule has 0 aliphatic rings. The Morgan fingerprint density at radius 2 is 2.13 bits per heavy atom. The third-order valence-electron chi connectivity index (χ3n) is 2.90. The van der Waals surface area contributed by atoms with Crippen molar-refractivity contribution in [3.05, 3.63) is 29.3 Å². The quantitative estimate of drug-likeness (QED) is 0.783. The predicted octanol–water partition coefficient (Wildman–Crippen LogP) is 1.21. The number of benzene rings is 1. The van der Waals surface area contributed by atoms with Gasteiger partial charge in [0.1, 0.15) is 5.75 Å². The van der Waals surface area contributed by atoms with Gasteiger partial charge >= 0.3 is 0 Å².